The van der Waals surface area contributed by atoms with Crippen LogP contribution in [0.1, 0.15) is 29.5 Å². The Morgan fingerprint density at radius 3 is 2.14 bits per heavy atom. The quantitative estimate of drug-likeness (QED) is 0.145. The van der Waals surface area contributed by atoms with E-state index >= 15 is 0 Å². The topological polar surface area (TPSA) is 112 Å². The molecule has 0 aliphatic carbocycles. The van der Waals surface area contributed by atoms with Gasteiger partial charge in [-0.15, -0.1) is 0 Å². The summed E-state index contributed by atoms with van der Waals surface area (Å²) >= 11 is 6.34. The number of halogens is 1. The second-order valence-electron chi connectivity index (χ2n) is 12.1. The second-order valence-corrected chi connectivity index (χ2v) is 14.4. The van der Waals surface area contributed by atoms with Crippen molar-refractivity contribution < 1.29 is 27.4 Å². The van der Waals surface area contributed by atoms with Gasteiger partial charge in [0.05, 0.1) is 37.2 Å². The van der Waals surface area contributed by atoms with E-state index in [4.69, 9.17) is 25.8 Å². The Bertz CT molecular complexity index is 1960. The second kappa shape index (κ2) is 15.4. The fraction of sp³-hybridized carbons (Fsp3) is 0.297. The Morgan fingerprint density at radius 2 is 1.55 bits per heavy atom. The predicted molar refractivity (Wildman–Crippen MR) is 189 cm³/mol. The maximum Gasteiger partial charge on any atom is 0.244 e. The number of rotatable bonds is 13. The first kappa shape index (κ1) is 34.4. The fourth-order valence-electron chi connectivity index (χ4n) is 6.00. The molecule has 0 atom stereocenters. The van der Waals surface area contributed by atoms with Gasteiger partial charge < -0.3 is 19.5 Å². The average Bonchev–Trinajstić information content (AvgIpc) is 3.51. The van der Waals surface area contributed by atoms with E-state index in [1.165, 1.54) is 10.4 Å². The molecule has 0 bridgehead atoms. The summed E-state index contributed by atoms with van der Waals surface area (Å²) in [7, 11) is -1.00. The minimum absolute atomic E-state index is 0.0300. The molecule has 0 spiro atoms. The Hall–Kier alpha value is -4.42. The van der Waals surface area contributed by atoms with Crippen LogP contribution in [0.4, 0.5) is 5.69 Å². The van der Waals surface area contributed by atoms with Crippen LogP contribution in [0.3, 0.4) is 0 Å². The van der Waals surface area contributed by atoms with Gasteiger partial charge in [-0.3, -0.25) is 9.48 Å². The van der Waals surface area contributed by atoms with Crippen LogP contribution < -0.4 is 14.8 Å². The molecular formula is C37H39ClN4O6S. The summed E-state index contributed by atoms with van der Waals surface area (Å²) in [4.78, 5) is 13.4. The maximum atomic E-state index is 14.9. The van der Waals surface area contributed by atoms with Crippen molar-refractivity contribution in [1.29, 1.82) is 0 Å². The first-order valence-corrected chi connectivity index (χ1v) is 17.9. The number of hydrogen-bond acceptors (Lipinski definition) is 7. The summed E-state index contributed by atoms with van der Waals surface area (Å²) in [5.41, 5.74) is 3.22. The highest BCUT2D eigenvalue weighted by Gasteiger charge is 2.30. The van der Waals surface area contributed by atoms with Crippen LogP contribution in [-0.4, -0.2) is 55.8 Å². The van der Waals surface area contributed by atoms with Crippen molar-refractivity contribution in [3.8, 4) is 11.5 Å². The standard InChI is InChI=1S/C37H39ClN4O6S/c1-46-31-11-7-26(8-12-31)23-41(24-27-9-13-32(47-2)14-10-27)49(44,45)36-21-30(40-37(43)19-29-5-3-4-6-34(29)38)20-35-33(36)22-39-42(35)25-28-15-17-48-18-16-28/h3-14,20-22,28H,15-19,23-25H2,1-2H3,(H,40,43). The summed E-state index contributed by atoms with van der Waals surface area (Å²) in [6, 6.07) is 25.1. The van der Waals surface area contributed by atoms with Gasteiger partial charge in [-0.2, -0.15) is 9.40 Å². The van der Waals surface area contributed by atoms with Crippen LogP contribution in [0, 0.1) is 5.92 Å². The Kier molecular flexibility index (Phi) is 10.8. The molecule has 12 heteroatoms. The van der Waals surface area contributed by atoms with Crippen LogP contribution in [0.2, 0.25) is 5.02 Å². The van der Waals surface area contributed by atoms with E-state index < -0.39 is 10.0 Å². The molecule has 0 unspecified atom stereocenters. The number of aromatic nitrogens is 2. The SMILES string of the molecule is COc1ccc(CN(Cc2ccc(OC)cc2)S(=O)(=O)c2cc(NC(=O)Cc3ccccc3Cl)cc3c2cnn3CC2CCOCC2)cc1. The molecule has 0 radical (unpaired) electrons. The third kappa shape index (κ3) is 8.25. The van der Waals surface area contributed by atoms with Crippen molar-refractivity contribution in [2.45, 2.75) is 43.8 Å². The van der Waals surface area contributed by atoms with Crippen molar-refractivity contribution in [2.75, 3.05) is 32.8 Å². The monoisotopic (exact) mass is 702 g/mol. The number of anilines is 1. The number of carbonyl (C=O) groups excluding carboxylic acids is 1. The lowest BCUT2D eigenvalue weighted by atomic mass is 10.0. The molecule has 2 heterocycles. The largest absolute Gasteiger partial charge is 0.497 e. The number of sulfonamides is 1. The van der Waals surface area contributed by atoms with Crippen LogP contribution in [-0.2, 0) is 45.6 Å². The van der Waals surface area contributed by atoms with E-state index in [0.29, 0.717) is 64.4 Å². The fourth-order valence-corrected chi connectivity index (χ4v) is 7.83. The number of nitrogens with one attached hydrogen (secondary N) is 1. The molecule has 0 saturated carbocycles. The normalized spacial score (nSPS) is 13.9. The summed E-state index contributed by atoms with van der Waals surface area (Å²) in [6.07, 6.45) is 3.41. The molecule has 1 fully saturated rings. The van der Waals surface area contributed by atoms with E-state index in [1.807, 2.05) is 35.0 Å². The van der Waals surface area contributed by atoms with Crippen LogP contribution >= 0.6 is 11.6 Å². The molecule has 1 N–H and O–H groups in total. The van der Waals surface area contributed by atoms with Crippen molar-refractivity contribution in [1.82, 2.24) is 14.1 Å². The van der Waals surface area contributed by atoms with E-state index in [0.717, 1.165) is 24.0 Å². The minimum atomic E-state index is -4.17. The van der Waals surface area contributed by atoms with E-state index in [1.54, 1.807) is 68.9 Å². The first-order chi connectivity index (χ1) is 23.7. The zero-order valence-electron chi connectivity index (χ0n) is 27.5. The highest BCUT2D eigenvalue weighted by molar-refractivity contribution is 7.89. The van der Waals surface area contributed by atoms with Gasteiger partial charge in [0, 0.05) is 48.9 Å². The van der Waals surface area contributed by atoms with Gasteiger partial charge in [0.25, 0.3) is 0 Å². The lowest BCUT2D eigenvalue weighted by Gasteiger charge is -2.24. The number of hydrogen-bond donors (Lipinski definition) is 1. The molecular weight excluding hydrogens is 664 g/mol. The molecule has 10 nitrogen and oxygen atoms in total. The number of amides is 1. The summed E-state index contributed by atoms with van der Waals surface area (Å²) in [5.74, 6) is 1.36. The molecule has 1 aromatic heterocycles. The third-order valence-corrected chi connectivity index (χ3v) is 10.9. The molecule has 1 amide bonds. The predicted octanol–water partition coefficient (Wildman–Crippen LogP) is 6.71. The molecule has 6 rings (SSSR count). The summed E-state index contributed by atoms with van der Waals surface area (Å²) in [5, 5.41) is 8.56. The maximum absolute atomic E-state index is 14.9. The zero-order valence-corrected chi connectivity index (χ0v) is 29.0. The van der Waals surface area contributed by atoms with Crippen molar-refractivity contribution in [3.05, 3.63) is 113 Å². The lowest BCUT2D eigenvalue weighted by Crippen LogP contribution is -2.30. The van der Waals surface area contributed by atoms with Gasteiger partial charge in [-0.1, -0.05) is 54.1 Å². The molecule has 1 aliphatic heterocycles. The molecule has 5 aromatic rings. The molecule has 1 aliphatic rings. The van der Waals surface area contributed by atoms with Crippen molar-refractivity contribution >= 4 is 44.1 Å². The highest BCUT2D eigenvalue weighted by Crippen LogP contribution is 2.33. The minimum Gasteiger partial charge on any atom is -0.497 e. The zero-order chi connectivity index (χ0) is 34.4. The molecule has 49 heavy (non-hydrogen) atoms. The van der Waals surface area contributed by atoms with Crippen LogP contribution in [0.5, 0.6) is 11.5 Å². The number of fused-ring (bicyclic) bond motifs is 1. The number of carbonyl (C=O) groups is 1. The number of benzene rings is 4. The lowest BCUT2D eigenvalue weighted by molar-refractivity contribution is -0.115. The van der Waals surface area contributed by atoms with Crippen molar-refractivity contribution in [3.63, 3.8) is 0 Å². The van der Waals surface area contributed by atoms with E-state index in [2.05, 4.69) is 10.4 Å². The van der Waals surface area contributed by atoms with E-state index in [-0.39, 0.29) is 30.3 Å². The van der Waals surface area contributed by atoms with Crippen LogP contribution in [0.15, 0.2) is 96.0 Å². The van der Waals surface area contributed by atoms with Gasteiger partial charge in [-0.25, -0.2) is 8.42 Å². The Balaban J connectivity index is 1.41. The number of ether oxygens (including phenoxy) is 3. The van der Waals surface area contributed by atoms with Crippen molar-refractivity contribution in [2.24, 2.45) is 5.92 Å². The van der Waals surface area contributed by atoms with Gasteiger partial charge in [0.1, 0.15) is 11.5 Å². The smallest absolute Gasteiger partial charge is 0.244 e. The summed E-state index contributed by atoms with van der Waals surface area (Å²) in [6.45, 7) is 2.15. The Morgan fingerprint density at radius 1 is 0.939 bits per heavy atom. The summed E-state index contributed by atoms with van der Waals surface area (Å²) < 4.78 is 49.2. The first-order valence-electron chi connectivity index (χ1n) is 16.1. The molecule has 256 valence electrons. The Labute approximate surface area is 291 Å². The van der Waals surface area contributed by atoms with Gasteiger partial charge >= 0.3 is 0 Å². The molecule has 4 aromatic carbocycles. The average molecular weight is 703 g/mol. The van der Waals surface area contributed by atoms with Gasteiger partial charge in [0.15, 0.2) is 0 Å². The van der Waals surface area contributed by atoms with Gasteiger partial charge in [-0.05, 0) is 77.9 Å². The van der Waals surface area contributed by atoms with Crippen LogP contribution in [0.25, 0.3) is 10.9 Å². The highest BCUT2D eigenvalue weighted by atomic mass is 35.5. The molecule has 1 saturated heterocycles. The van der Waals surface area contributed by atoms with E-state index in [9.17, 15) is 13.2 Å². The third-order valence-electron chi connectivity index (χ3n) is 8.74. The van der Waals surface area contributed by atoms with Gasteiger partial charge in [0.2, 0.25) is 15.9 Å². The number of methoxy groups -OCH3 is 2. The number of nitrogens with zero attached hydrogens (tertiary/aromatic N) is 3.